The second kappa shape index (κ2) is 8.27. The molecule has 0 spiro atoms. The number of aromatic nitrogens is 3. The van der Waals surface area contributed by atoms with E-state index in [2.05, 4.69) is 10.2 Å². The predicted molar refractivity (Wildman–Crippen MR) is 107 cm³/mol. The summed E-state index contributed by atoms with van der Waals surface area (Å²) in [7, 11) is 1.38. The highest BCUT2D eigenvalue weighted by Crippen LogP contribution is 2.46. The summed E-state index contributed by atoms with van der Waals surface area (Å²) in [6.45, 7) is 0. The summed E-state index contributed by atoms with van der Waals surface area (Å²) in [6.07, 6.45) is -7.94. The average Bonchev–Trinajstić information content (AvgIpc) is 3.11. The van der Waals surface area contributed by atoms with Crippen LogP contribution < -0.4 is 4.74 Å². The molecule has 32 heavy (non-hydrogen) atoms. The number of hydrogen-bond donors (Lipinski definition) is 1. The van der Waals surface area contributed by atoms with Crippen LogP contribution in [0, 0.1) is 0 Å². The van der Waals surface area contributed by atoms with Gasteiger partial charge >= 0.3 is 12.1 Å². The lowest BCUT2D eigenvalue weighted by atomic mass is 9.98. The lowest BCUT2D eigenvalue weighted by Crippen LogP contribution is -2.17. The molecule has 1 aliphatic rings. The number of carbonyl (C=O) groups is 1. The van der Waals surface area contributed by atoms with Crippen molar-refractivity contribution >= 4 is 29.2 Å². The van der Waals surface area contributed by atoms with Crippen LogP contribution in [0.25, 0.3) is 5.69 Å². The zero-order chi connectivity index (χ0) is 23.2. The number of nitrogens with zero attached hydrogens (tertiary/aromatic N) is 3. The van der Waals surface area contributed by atoms with Gasteiger partial charge in [0.1, 0.15) is 18.0 Å². The number of hydrogen-bond acceptors (Lipinski definition) is 5. The molecule has 3 aromatic rings. The third-order valence-corrected chi connectivity index (χ3v) is 5.42. The summed E-state index contributed by atoms with van der Waals surface area (Å²) in [5, 5.41) is 16.8. The van der Waals surface area contributed by atoms with Gasteiger partial charge in [-0.25, -0.2) is 0 Å². The van der Waals surface area contributed by atoms with Crippen LogP contribution in [0.1, 0.15) is 41.4 Å². The Kier molecular flexibility index (Phi) is 5.78. The maximum Gasteiger partial charge on any atom is 0.452 e. The third kappa shape index (κ3) is 3.89. The summed E-state index contributed by atoms with van der Waals surface area (Å²) >= 11 is 12.4. The van der Waals surface area contributed by atoms with E-state index in [-0.39, 0.29) is 32.9 Å². The minimum absolute atomic E-state index is 0.0432. The van der Waals surface area contributed by atoms with Gasteiger partial charge in [-0.1, -0.05) is 35.3 Å². The van der Waals surface area contributed by atoms with E-state index < -0.39 is 36.6 Å². The number of carboxylic acids is 1. The molecule has 0 amide bonds. The van der Waals surface area contributed by atoms with E-state index in [1.54, 1.807) is 18.2 Å². The van der Waals surface area contributed by atoms with Crippen molar-refractivity contribution in [3.8, 4) is 11.4 Å². The molecule has 4 rings (SSSR count). The molecule has 0 radical (unpaired) electrons. The van der Waals surface area contributed by atoms with Gasteiger partial charge in [-0.2, -0.15) is 13.2 Å². The van der Waals surface area contributed by atoms with E-state index in [1.807, 2.05) is 0 Å². The van der Waals surface area contributed by atoms with E-state index in [0.29, 0.717) is 5.56 Å². The summed E-state index contributed by atoms with van der Waals surface area (Å²) in [5.41, 5.74) is 0.658. The molecule has 1 aromatic heterocycles. The quantitative estimate of drug-likeness (QED) is 0.541. The Morgan fingerprint density at radius 3 is 2.62 bits per heavy atom. The Labute approximate surface area is 189 Å². The molecule has 0 saturated carbocycles. The summed E-state index contributed by atoms with van der Waals surface area (Å²) in [4.78, 5) is 11.5. The molecule has 12 heteroatoms. The number of halogens is 5. The highest BCUT2D eigenvalue weighted by atomic mass is 35.5. The van der Waals surface area contributed by atoms with Crippen LogP contribution in [0.3, 0.4) is 0 Å². The number of ether oxygens (including phenoxy) is 2. The molecule has 0 aliphatic carbocycles. The molecular weight excluding hydrogens is 474 g/mol. The van der Waals surface area contributed by atoms with Crippen molar-refractivity contribution in [3.63, 3.8) is 0 Å². The maximum absolute atomic E-state index is 13.8. The van der Waals surface area contributed by atoms with Crippen molar-refractivity contribution < 1.29 is 32.5 Å². The van der Waals surface area contributed by atoms with Gasteiger partial charge in [-0.15, -0.1) is 10.2 Å². The molecule has 168 valence electrons. The first-order chi connectivity index (χ1) is 15.1. The number of methoxy groups -OCH3 is 1. The van der Waals surface area contributed by atoms with Crippen LogP contribution in [0.4, 0.5) is 13.2 Å². The second-order valence-corrected chi connectivity index (χ2v) is 7.73. The summed E-state index contributed by atoms with van der Waals surface area (Å²) in [6, 6.07) is 9.03. The molecule has 2 unspecified atom stereocenters. The molecule has 1 aliphatic heterocycles. The molecule has 7 nitrogen and oxygen atoms in total. The standard InChI is InChI=1S/C20H14Cl2F3N3O4/c1-31-17-10(3-2-4-12(17)22)16-11-7-9(21)5-6-13(11)28-18(14(32-16)8-15(29)30)26-27-19(28)20(23,24)25/h2-7,14,16H,8H2,1H3,(H,29,30). The maximum atomic E-state index is 13.8. The van der Waals surface area contributed by atoms with Crippen LogP contribution >= 0.6 is 23.2 Å². The fourth-order valence-electron chi connectivity index (χ4n) is 3.65. The minimum atomic E-state index is -4.86. The van der Waals surface area contributed by atoms with Gasteiger partial charge in [0.05, 0.1) is 24.2 Å². The number of rotatable bonds is 4. The number of fused-ring (bicyclic) bond motifs is 3. The molecule has 0 fully saturated rings. The zero-order valence-corrected chi connectivity index (χ0v) is 17.7. The number of carboxylic acid groups (broad SMARTS) is 1. The van der Waals surface area contributed by atoms with Gasteiger partial charge < -0.3 is 14.6 Å². The van der Waals surface area contributed by atoms with E-state index in [9.17, 15) is 23.1 Å². The highest BCUT2D eigenvalue weighted by molar-refractivity contribution is 6.32. The van der Waals surface area contributed by atoms with E-state index in [0.717, 1.165) is 4.57 Å². The molecule has 0 saturated heterocycles. The van der Waals surface area contributed by atoms with E-state index in [4.69, 9.17) is 32.7 Å². The first kappa shape index (κ1) is 22.4. The van der Waals surface area contributed by atoms with E-state index >= 15 is 0 Å². The highest BCUT2D eigenvalue weighted by Gasteiger charge is 2.43. The number of para-hydroxylation sites is 1. The predicted octanol–water partition coefficient (Wildman–Crippen LogP) is 5.24. The van der Waals surface area contributed by atoms with Crippen molar-refractivity contribution in [2.75, 3.05) is 7.11 Å². The van der Waals surface area contributed by atoms with Gasteiger partial charge in [0.25, 0.3) is 0 Å². The second-order valence-electron chi connectivity index (χ2n) is 6.88. The Hall–Kier alpha value is -2.82. The first-order valence-electron chi connectivity index (χ1n) is 9.13. The molecule has 0 bridgehead atoms. The topological polar surface area (TPSA) is 86.5 Å². The smallest absolute Gasteiger partial charge is 0.452 e. The molecule has 1 N–H and O–H groups in total. The van der Waals surface area contributed by atoms with Crippen LogP contribution in [-0.4, -0.2) is 33.0 Å². The van der Waals surface area contributed by atoms with Crippen LogP contribution in [0.2, 0.25) is 10.0 Å². The van der Waals surface area contributed by atoms with Crippen molar-refractivity contribution in [2.45, 2.75) is 24.8 Å². The summed E-state index contributed by atoms with van der Waals surface area (Å²) < 4.78 is 53.5. The van der Waals surface area contributed by atoms with Gasteiger partial charge in [0, 0.05) is 16.1 Å². The van der Waals surface area contributed by atoms with Gasteiger partial charge in [0.15, 0.2) is 5.82 Å². The van der Waals surface area contributed by atoms with Crippen LogP contribution in [0.15, 0.2) is 36.4 Å². The molecule has 2 heterocycles. The SMILES string of the molecule is COc1c(Cl)cccc1C1OC(CC(=O)O)c2nnc(C(F)(F)F)n2-c2ccc(Cl)cc21. The van der Waals surface area contributed by atoms with Crippen molar-refractivity contribution in [1.29, 1.82) is 0 Å². The molecular formula is C20H14Cl2F3N3O4. The van der Waals surface area contributed by atoms with Crippen molar-refractivity contribution in [1.82, 2.24) is 14.8 Å². The fourth-order valence-corrected chi connectivity index (χ4v) is 4.09. The number of alkyl halides is 3. The zero-order valence-electron chi connectivity index (χ0n) is 16.2. The average molecular weight is 488 g/mol. The van der Waals surface area contributed by atoms with Gasteiger partial charge in [-0.3, -0.25) is 9.36 Å². The number of benzene rings is 2. The van der Waals surface area contributed by atoms with Crippen LogP contribution in [-0.2, 0) is 15.7 Å². The molecule has 2 aromatic carbocycles. The molecule has 2 atom stereocenters. The monoisotopic (exact) mass is 487 g/mol. The first-order valence-corrected chi connectivity index (χ1v) is 9.89. The third-order valence-electron chi connectivity index (χ3n) is 4.89. The van der Waals surface area contributed by atoms with Gasteiger partial charge in [0.2, 0.25) is 5.82 Å². The Morgan fingerprint density at radius 1 is 1.22 bits per heavy atom. The minimum Gasteiger partial charge on any atom is -0.495 e. The largest absolute Gasteiger partial charge is 0.495 e. The van der Waals surface area contributed by atoms with E-state index in [1.165, 1.54) is 25.3 Å². The Balaban J connectivity index is 2.04. The lowest BCUT2D eigenvalue weighted by molar-refractivity contribution is -0.146. The van der Waals surface area contributed by atoms with Gasteiger partial charge in [-0.05, 0) is 24.3 Å². The van der Waals surface area contributed by atoms with Crippen molar-refractivity contribution in [3.05, 3.63) is 69.2 Å². The fraction of sp³-hybridized carbons (Fsp3) is 0.250. The Bertz CT molecular complexity index is 1200. The lowest BCUT2D eigenvalue weighted by Gasteiger charge is -2.24. The Morgan fingerprint density at radius 2 is 1.97 bits per heavy atom. The van der Waals surface area contributed by atoms with Crippen LogP contribution in [0.5, 0.6) is 5.75 Å². The summed E-state index contributed by atoms with van der Waals surface area (Å²) in [5.74, 6) is -2.67. The van der Waals surface area contributed by atoms with Crippen molar-refractivity contribution in [2.24, 2.45) is 0 Å². The number of aliphatic carboxylic acids is 1. The normalized spacial score (nSPS) is 17.9.